The number of fused-ring (bicyclic) bond motifs is 2. The van der Waals surface area contributed by atoms with E-state index in [0.29, 0.717) is 18.6 Å². The lowest BCUT2D eigenvalue weighted by Crippen LogP contribution is -2.44. The van der Waals surface area contributed by atoms with Gasteiger partial charge in [0, 0.05) is 6.04 Å². The van der Waals surface area contributed by atoms with Gasteiger partial charge in [-0.1, -0.05) is 30.3 Å². The van der Waals surface area contributed by atoms with Crippen molar-refractivity contribution < 1.29 is 9.53 Å². The van der Waals surface area contributed by atoms with E-state index in [4.69, 9.17) is 4.74 Å². The van der Waals surface area contributed by atoms with Gasteiger partial charge < -0.3 is 10.1 Å². The average molecular weight is 285 g/mol. The summed E-state index contributed by atoms with van der Waals surface area (Å²) in [7, 11) is 0. The van der Waals surface area contributed by atoms with E-state index >= 15 is 0 Å². The van der Waals surface area contributed by atoms with Crippen LogP contribution in [0.4, 0.5) is 4.79 Å². The first kappa shape index (κ1) is 13.2. The third-order valence-corrected chi connectivity index (χ3v) is 5.64. The summed E-state index contributed by atoms with van der Waals surface area (Å²) in [6.45, 7) is 0.363. The summed E-state index contributed by atoms with van der Waals surface area (Å²) in [5, 5.41) is 3.19. The zero-order valence-electron chi connectivity index (χ0n) is 12.3. The monoisotopic (exact) mass is 285 g/mol. The van der Waals surface area contributed by atoms with Crippen LogP contribution in [0.2, 0.25) is 0 Å². The molecular formula is C18H23NO2. The van der Waals surface area contributed by atoms with Crippen LogP contribution < -0.4 is 5.32 Å². The molecule has 0 radical (unpaired) electrons. The topological polar surface area (TPSA) is 38.3 Å². The van der Waals surface area contributed by atoms with Crippen molar-refractivity contribution in [3.8, 4) is 0 Å². The van der Waals surface area contributed by atoms with Crippen molar-refractivity contribution >= 4 is 6.09 Å². The van der Waals surface area contributed by atoms with Crippen LogP contribution >= 0.6 is 0 Å². The molecule has 0 aromatic heterocycles. The summed E-state index contributed by atoms with van der Waals surface area (Å²) in [4.78, 5) is 12.1. The smallest absolute Gasteiger partial charge is 0.407 e. The molecule has 3 saturated carbocycles. The molecule has 1 amide bonds. The lowest BCUT2D eigenvalue weighted by atomic mass is 9.81. The van der Waals surface area contributed by atoms with E-state index in [-0.39, 0.29) is 6.09 Å². The first-order valence-corrected chi connectivity index (χ1v) is 8.28. The molecule has 0 unspecified atom stereocenters. The quantitative estimate of drug-likeness (QED) is 0.915. The lowest BCUT2D eigenvalue weighted by molar-refractivity contribution is 0.122. The molecule has 1 N–H and O–H groups in total. The molecule has 0 saturated heterocycles. The fourth-order valence-corrected chi connectivity index (χ4v) is 4.61. The zero-order valence-corrected chi connectivity index (χ0v) is 12.3. The third kappa shape index (κ3) is 2.66. The number of amides is 1. The van der Waals surface area contributed by atoms with Crippen LogP contribution in [-0.4, -0.2) is 12.1 Å². The van der Waals surface area contributed by atoms with E-state index in [0.717, 1.165) is 23.3 Å². The summed E-state index contributed by atoms with van der Waals surface area (Å²) in [6, 6.07) is 10.2. The standard InChI is InChI=1S/C18H23NO2/c20-18(21-11-12-4-2-1-3-5-12)19-17-15-9-8-14(10-15)16(17)13-6-7-13/h1-5,13-17H,6-11H2,(H,19,20)/t14-,15+,16-,17-/m1/s1. The Balaban J connectivity index is 1.33. The first-order valence-electron chi connectivity index (χ1n) is 8.28. The molecule has 4 atom stereocenters. The van der Waals surface area contributed by atoms with Crippen LogP contribution in [0.5, 0.6) is 0 Å². The minimum atomic E-state index is -0.234. The molecule has 112 valence electrons. The van der Waals surface area contributed by atoms with Gasteiger partial charge in [0.25, 0.3) is 0 Å². The van der Waals surface area contributed by atoms with Crippen molar-refractivity contribution in [3.05, 3.63) is 35.9 Å². The summed E-state index contributed by atoms with van der Waals surface area (Å²) < 4.78 is 5.40. The van der Waals surface area contributed by atoms with Crippen molar-refractivity contribution in [2.75, 3.05) is 0 Å². The molecule has 4 rings (SSSR count). The Labute approximate surface area is 126 Å². The third-order valence-electron chi connectivity index (χ3n) is 5.64. The van der Waals surface area contributed by atoms with Gasteiger partial charge in [0.15, 0.2) is 0 Å². The Morgan fingerprint density at radius 2 is 1.76 bits per heavy atom. The minimum Gasteiger partial charge on any atom is -0.445 e. The van der Waals surface area contributed by atoms with Gasteiger partial charge in [0.1, 0.15) is 6.61 Å². The maximum atomic E-state index is 12.1. The molecule has 1 aromatic carbocycles. The zero-order chi connectivity index (χ0) is 14.2. The normalized spacial score (nSPS) is 33.9. The van der Waals surface area contributed by atoms with Gasteiger partial charge in [0.05, 0.1) is 0 Å². The fraction of sp³-hybridized carbons (Fsp3) is 0.611. The van der Waals surface area contributed by atoms with Crippen molar-refractivity contribution in [1.29, 1.82) is 0 Å². The highest BCUT2D eigenvalue weighted by Gasteiger charge is 2.53. The molecule has 0 heterocycles. The molecular weight excluding hydrogens is 262 g/mol. The van der Waals surface area contributed by atoms with E-state index in [1.54, 1.807) is 0 Å². The van der Waals surface area contributed by atoms with Crippen LogP contribution in [0.25, 0.3) is 0 Å². The van der Waals surface area contributed by atoms with E-state index in [9.17, 15) is 4.79 Å². The van der Waals surface area contributed by atoms with Gasteiger partial charge in [-0.2, -0.15) is 0 Å². The number of hydrogen-bond donors (Lipinski definition) is 1. The van der Waals surface area contributed by atoms with Gasteiger partial charge in [0.2, 0.25) is 0 Å². The fourth-order valence-electron chi connectivity index (χ4n) is 4.61. The van der Waals surface area contributed by atoms with Crippen LogP contribution in [0.3, 0.4) is 0 Å². The summed E-state index contributed by atoms with van der Waals surface area (Å²) in [6.07, 6.45) is 6.49. The molecule has 3 heteroatoms. The molecule has 3 nitrogen and oxygen atoms in total. The number of alkyl carbamates (subject to hydrolysis) is 1. The highest BCUT2D eigenvalue weighted by atomic mass is 16.5. The highest BCUT2D eigenvalue weighted by Crippen LogP contribution is 2.56. The van der Waals surface area contributed by atoms with E-state index in [2.05, 4.69) is 5.32 Å². The van der Waals surface area contributed by atoms with Gasteiger partial charge in [-0.15, -0.1) is 0 Å². The Hall–Kier alpha value is -1.51. The second-order valence-corrected chi connectivity index (χ2v) is 6.98. The summed E-state index contributed by atoms with van der Waals surface area (Å²) >= 11 is 0. The Morgan fingerprint density at radius 3 is 2.52 bits per heavy atom. The van der Waals surface area contributed by atoms with Crippen LogP contribution in [0, 0.1) is 23.7 Å². The molecule has 3 aliphatic carbocycles. The highest BCUT2D eigenvalue weighted by molar-refractivity contribution is 5.67. The minimum absolute atomic E-state index is 0.234. The lowest BCUT2D eigenvalue weighted by Gasteiger charge is -2.31. The molecule has 21 heavy (non-hydrogen) atoms. The van der Waals surface area contributed by atoms with E-state index in [1.807, 2.05) is 30.3 Å². The molecule has 0 spiro atoms. The largest absolute Gasteiger partial charge is 0.445 e. The number of carbonyl (C=O) groups excluding carboxylic acids is 1. The molecule has 3 fully saturated rings. The Bertz CT molecular complexity index is 511. The van der Waals surface area contributed by atoms with Gasteiger partial charge in [-0.3, -0.25) is 0 Å². The average Bonchev–Trinajstić information content (AvgIpc) is 3.15. The maximum absolute atomic E-state index is 12.1. The van der Waals surface area contributed by atoms with E-state index < -0.39 is 0 Å². The van der Waals surface area contributed by atoms with Crippen molar-refractivity contribution in [1.82, 2.24) is 5.32 Å². The van der Waals surface area contributed by atoms with E-state index in [1.165, 1.54) is 32.1 Å². The molecule has 2 bridgehead atoms. The Morgan fingerprint density at radius 1 is 1.05 bits per heavy atom. The number of nitrogens with one attached hydrogen (secondary N) is 1. The van der Waals surface area contributed by atoms with Gasteiger partial charge in [-0.05, 0) is 61.3 Å². The SMILES string of the molecule is O=C(N[C@@H]1[C@H]2CC[C@H](C2)[C@H]1C1CC1)OCc1ccccc1. The number of carbonyl (C=O) groups is 1. The number of hydrogen-bond acceptors (Lipinski definition) is 2. The van der Waals surface area contributed by atoms with Gasteiger partial charge in [-0.25, -0.2) is 4.79 Å². The number of rotatable bonds is 4. The van der Waals surface area contributed by atoms with Crippen molar-refractivity contribution in [2.24, 2.45) is 23.7 Å². The van der Waals surface area contributed by atoms with Gasteiger partial charge >= 0.3 is 6.09 Å². The summed E-state index contributed by atoms with van der Waals surface area (Å²) in [5.74, 6) is 3.17. The molecule has 0 aliphatic heterocycles. The molecule has 3 aliphatic rings. The Kier molecular flexibility index (Phi) is 3.36. The van der Waals surface area contributed by atoms with Crippen LogP contribution in [0.1, 0.15) is 37.7 Å². The second-order valence-electron chi connectivity index (χ2n) is 6.98. The predicted octanol–water partition coefficient (Wildman–Crippen LogP) is 3.74. The predicted molar refractivity (Wildman–Crippen MR) is 80.6 cm³/mol. The maximum Gasteiger partial charge on any atom is 0.407 e. The van der Waals surface area contributed by atoms with Crippen LogP contribution in [-0.2, 0) is 11.3 Å². The van der Waals surface area contributed by atoms with Crippen molar-refractivity contribution in [3.63, 3.8) is 0 Å². The summed E-state index contributed by atoms with van der Waals surface area (Å²) in [5.41, 5.74) is 1.04. The van der Waals surface area contributed by atoms with Crippen LogP contribution in [0.15, 0.2) is 30.3 Å². The number of benzene rings is 1. The second kappa shape index (κ2) is 5.36. The first-order chi connectivity index (χ1) is 10.3. The molecule has 1 aromatic rings. The number of ether oxygens (including phenoxy) is 1. The van der Waals surface area contributed by atoms with Crippen molar-refractivity contribution in [2.45, 2.75) is 44.8 Å².